The van der Waals surface area contributed by atoms with E-state index in [1.54, 1.807) is 6.20 Å². The molecule has 0 saturated heterocycles. The molecule has 5 aromatic heterocycles. The van der Waals surface area contributed by atoms with Gasteiger partial charge in [0.05, 0.1) is 28.0 Å². The largest absolute Gasteiger partial charge is 0.455 e. The minimum Gasteiger partial charge on any atom is -0.455 e. The molecule has 0 unspecified atom stereocenters. The number of nitrogens with zero attached hydrogens (tertiary/aromatic N) is 5. The quantitative estimate of drug-likeness (QED) is 0.172. The Labute approximate surface area is 292 Å². The van der Waals surface area contributed by atoms with Crippen molar-refractivity contribution in [1.82, 2.24) is 24.9 Å². The van der Waals surface area contributed by atoms with Crippen LogP contribution in [0.25, 0.3) is 100 Å². The molecule has 5 aromatic carbocycles. The summed E-state index contributed by atoms with van der Waals surface area (Å²) in [5, 5.41) is 4.12. The molecule has 0 radical (unpaired) electrons. The summed E-state index contributed by atoms with van der Waals surface area (Å²) < 4.78 is 6.48. The maximum atomic E-state index is 6.48. The van der Waals surface area contributed by atoms with Gasteiger partial charge >= 0.3 is 0 Å². The van der Waals surface area contributed by atoms with E-state index in [-0.39, 0.29) is 0 Å². The lowest BCUT2D eigenvalue weighted by atomic mass is 9.98. The highest BCUT2D eigenvalue weighted by molar-refractivity contribution is 6.23. The van der Waals surface area contributed by atoms with Crippen LogP contribution in [0.4, 0.5) is 0 Å². The molecular formula is C45H27N5O. The van der Waals surface area contributed by atoms with Crippen LogP contribution in [0.2, 0.25) is 0 Å². The predicted molar refractivity (Wildman–Crippen MR) is 205 cm³/mol. The summed E-state index contributed by atoms with van der Waals surface area (Å²) in [6.45, 7) is 0. The number of hydrogen-bond donors (Lipinski definition) is 0. The van der Waals surface area contributed by atoms with Crippen molar-refractivity contribution in [3.63, 3.8) is 0 Å². The van der Waals surface area contributed by atoms with Crippen molar-refractivity contribution in [2.75, 3.05) is 0 Å². The monoisotopic (exact) mass is 653 g/mol. The van der Waals surface area contributed by atoms with Crippen molar-refractivity contribution in [1.29, 1.82) is 0 Å². The molecule has 6 nitrogen and oxygen atoms in total. The molecule has 0 aliphatic carbocycles. The number of rotatable bonds is 5. The predicted octanol–water partition coefficient (Wildman–Crippen LogP) is 11.2. The van der Waals surface area contributed by atoms with Gasteiger partial charge < -0.3 is 4.42 Å². The maximum absolute atomic E-state index is 6.48. The molecule has 0 atom stereocenters. The van der Waals surface area contributed by atoms with Gasteiger partial charge in [0.15, 0.2) is 5.82 Å². The van der Waals surface area contributed by atoms with Gasteiger partial charge in [0.25, 0.3) is 0 Å². The molecule has 51 heavy (non-hydrogen) atoms. The fraction of sp³-hybridized carbons (Fsp3) is 0. The average molecular weight is 654 g/mol. The molecule has 0 saturated carbocycles. The molecule has 5 heterocycles. The first-order chi connectivity index (χ1) is 25.3. The molecule has 0 aliphatic rings. The summed E-state index contributed by atoms with van der Waals surface area (Å²) in [6.07, 6.45) is 5.48. The highest BCUT2D eigenvalue weighted by atomic mass is 16.3. The zero-order valence-corrected chi connectivity index (χ0v) is 27.2. The maximum Gasteiger partial charge on any atom is 0.160 e. The van der Waals surface area contributed by atoms with Gasteiger partial charge in [-0.15, -0.1) is 0 Å². The highest BCUT2D eigenvalue weighted by Crippen LogP contribution is 2.40. The Morgan fingerprint density at radius 1 is 0.451 bits per heavy atom. The lowest BCUT2D eigenvalue weighted by molar-refractivity contribution is 0.673. The van der Waals surface area contributed by atoms with Crippen molar-refractivity contribution >= 4 is 43.7 Å². The van der Waals surface area contributed by atoms with Crippen molar-refractivity contribution < 1.29 is 4.42 Å². The topological polar surface area (TPSA) is 77.6 Å². The van der Waals surface area contributed by atoms with E-state index in [4.69, 9.17) is 24.4 Å². The zero-order chi connectivity index (χ0) is 33.7. The van der Waals surface area contributed by atoms with Gasteiger partial charge in [-0.05, 0) is 47.5 Å². The number of furan rings is 1. The van der Waals surface area contributed by atoms with Gasteiger partial charge in [0.2, 0.25) is 0 Å². The molecule has 0 N–H and O–H groups in total. The van der Waals surface area contributed by atoms with Crippen LogP contribution in [-0.4, -0.2) is 24.9 Å². The zero-order valence-electron chi connectivity index (χ0n) is 27.2. The van der Waals surface area contributed by atoms with Crippen molar-refractivity contribution in [2.45, 2.75) is 0 Å². The molecule has 0 spiro atoms. The Morgan fingerprint density at radius 3 is 1.88 bits per heavy atom. The van der Waals surface area contributed by atoms with E-state index in [0.29, 0.717) is 5.82 Å². The van der Waals surface area contributed by atoms with E-state index in [2.05, 4.69) is 83.8 Å². The van der Waals surface area contributed by atoms with E-state index in [9.17, 15) is 0 Å². The third kappa shape index (κ3) is 5.01. The number of hydrogen-bond acceptors (Lipinski definition) is 6. The van der Waals surface area contributed by atoms with E-state index in [0.717, 1.165) is 94.2 Å². The molecule has 0 fully saturated rings. The Balaban J connectivity index is 1.09. The molecule has 10 rings (SSSR count). The fourth-order valence-electron chi connectivity index (χ4n) is 6.93. The Morgan fingerprint density at radius 2 is 1.12 bits per heavy atom. The van der Waals surface area contributed by atoms with Crippen LogP contribution in [-0.2, 0) is 0 Å². The van der Waals surface area contributed by atoms with Crippen LogP contribution in [0.15, 0.2) is 169 Å². The Hall–Kier alpha value is -7.05. The van der Waals surface area contributed by atoms with Gasteiger partial charge in [-0.2, -0.15) is 0 Å². The second-order valence-electron chi connectivity index (χ2n) is 12.5. The van der Waals surface area contributed by atoms with Gasteiger partial charge in [0, 0.05) is 57.0 Å². The molecule has 238 valence electrons. The minimum atomic E-state index is 0.674. The first kappa shape index (κ1) is 28.9. The third-order valence-electron chi connectivity index (χ3n) is 9.45. The van der Waals surface area contributed by atoms with Crippen LogP contribution in [0.5, 0.6) is 0 Å². The molecule has 0 amide bonds. The molecule has 0 bridgehead atoms. The summed E-state index contributed by atoms with van der Waals surface area (Å²) in [5.74, 6) is 0.674. The smallest absolute Gasteiger partial charge is 0.160 e. The third-order valence-corrected chi connectivity index (χ3v) is 9.45. The standard InChI is InChI=1S/C45H27N5O/c1-2-8-32(9-3-1)45-49-38(29-16-14-28(15-17-29)33-10-6-24-46-27-33)26-39(50-45)30-18-20-31(21-19-30)42-36-23-22-35-34-11-4-5-13-40(34)51-44(35)41(36)43-37(48-42)12-7-25-47-43/h1-27H. The summed E-state index contributed by atoms with van der Waals surface area (Å²) in [5.41, 5.74) is 12.0. The number of aromatic nitrogens is 5. The summed E-state index contributed by atoms with van der Waals surface area (Å²) >= 11 is 0. The minimum absolute atomic E-state index is 0.674. The molecule has 10 aromatic rings. The van der Waals surface area contributed by atoms with Crippen LogP contribution in [0.3, 0.4) is 0 Å². The van der Waals surface area contributed by atoms with Gasteiger partial charge in [-0.25, -0.2) is 15.0 Å². The highest BCUT2D eigenvalue weighted by Gasteiger charge is 2.18. The first-order valence-corrected chi connectivity index (χ1v) is 16.8. The van der Waals surface area contributed by atoms with Crippen molar-refractivity contribution in [3.05, 3.63) is 164 Å². The molecule has 6 heteroatoms. The summed E-state index contributed by atoms with van der Waals surface area (Å²) in [4.78, 5) is 24.3. The van der Waals surface area contributed by atoms with Crippen LogP contribution >= 0.6 is 0 Å². The molecule has 0 aliphatic heterocycles. The van der Waals surface area contributed by atoms with Crippen molar-refractivity contribution in [2.24, 2.45) is 0 Å². The van der Waals surface area contributed by atoms with Crippen LogP contribution in [0, 0.1) is 0 Å². The lowest BCUT2D eigenvalue weighted by Gasteiger charge is -2.12. The number of para-hydroxylation sites is 1. The van der Waals surface area contributed by atoms with Crippen molar-refractivity contribution in [3.8, 4) is 56.3 Å². The summed E-state index contributed by atoms with van der Waals surface area (Å²) in [6, 6.07) is 49.5. The van der Waals surface area contributed by atoms with Crippen LogP contribution < -0.4 is 0 Å². The normalized spacial score (nSPS) is 11.5. The lowest BCUT2D eigenvalue weighted by Crippen LogP contribution is -1.96. The Bertz CT molecular complexity index is 2890. The SMILES string of the molecule is c1ccc(-c2nc(-c3ccc(-c4cccnc4)cc3)cc(-c3ccc(-c4nc5cccnc5c5c4ccc4c6ccccc6oc45)cc3)n2)cc1. The number of benzene rings is 5. The van der Waals surface area contributed by atoms with E-state index in [1.165, 1.54) is 0 Å². The average Bonchev–Trinajstić information content (AvgIpc) is 3.60. The van der Waals surface area contributed by atoms with E-state index in [1.807, 2.05) is 79.1 Å². The van der Waals surface area contributed by atoms with E-state index >= 15 is 0 Å². The van der Waals surface area contributed by atoms with E-state index < -0.39 is 0 Å². The van der Waals surface area contributed by atoms with Gasteiger partial charge in [0.1, 0.15) is 16.7 Å². The van der Waals surface area contributed by atoms with Crippen LogP contribution in [0.1, 0.15) is 0 Å². The summed E-state index contributed by atoms with van der Waals surface area (Å²) in [7, 11) is 0. The van der Waals surface area contributed by atoms with Gasteiger partial charge in [-0.3, -0.25) is 9.97 Å². The Kier molecular flexibility index (Phi) is 6.70. The number of pyridine rings is 3. The van der Waals surface area contributed by atoms with Gasteiger partial charge in [-0.1, -0.05) is 109 Å². The fourth-order valence-corrected chi connectivity index (χ4v) is 6.93. The molecular weight excluding hydrogens is 627 g/mol. The number of fused-ring (bicyclic) bond motifs is 7. The second kappa shape index (κ2) is 11.8. The first-order valence-electron chi connectivity index (χ1n) is 16.8. The second-order valence-corrected chi connectivity index (χ2v) is 12.5.